The summed E-state index contributed by atoms with van der Waals surface area (Å²) in [7, 11) is 1.62. The lowest BCUT2D eigenvalue weighted by molar-refractivity contribution is -0.137. The van der Waals surface area contributed by atoms with Gasteiger partial charge in [-0.15, -0.1) is 5.10 Å². The SMILES string of the molecule is CN(Cc1ccc(C(F)(F)F)cc1)C(=O)Cc1ccc(-n2cnnn2)cc1. The molecule has 140 valence electrons. The summed E-state index contributed by atoms with van der Waals surface area (Å²) < 4.78 is 39.3. The fourth-order valence-corrected chi connectivity index (χ4v) is 2.52. The lowest BCUT2D eigenvalue weighted by Crippen LogP contribution is -2.27. The lowest BCUT2D eigenvalue weighted by Gasteiger charge is -2.18. The highest BCUT2D eigenvalue weighted by atomic mass is 19.4. The molecule has 0 radical (unpaired) electrons. The van der Waals surface area contributed by atoms with Gasteiger partial charge in [-0.05, 0) is 45.8 Å². The van der Waals surface area contributed by atoms with E-state index in [2.05, 4.69) is 15.5 Å². The van der Waals surface area contributed by atoms with Crippen molar-refractivity contribution in [3.8, 4) is 5.69 Å². The maximum absolute atomic E-state index is 12.6. The van der Waals surface area contributed by atoms with Crippen molar-refractivity contribution in [2.75, 3.05) is 7.05 Å². The van der Waals surface area contributed by atoms with Gasteiger partial charge in [0.2, 0.25) is 5.91 Å². The molecule has 0 atom stereocenters. The molecule has 0 bridgehead atoms. The van der Waals surface area contributed by atoms with Gasteiger partial charge in [0.1, 0.15) is 6.33 Å². The van der Waals surface area contributed by atoms with E-state index in [1.165, 1.54) is 28.0 Å². The minimum absolute atomic E-state index is 0.134. The van der Waals surface area contributed by atoms with Crippen LogP contribution in [0.3, 0.4) is 0 Å². The summed E-state index contributed by atoms with van der Waals surface area (Å²) in [6.07, 6.45) is -2.71. The first-order valence-corrected chi connectivity index (χ1v) is 8.05. The number of aromatic nitrogens is 4. The van der Waals surface area contributed by atoms with E-state index in [1.54, 1.807) is 31.3 Å². The molecule has 0 unspecified atom stereocenters. The molecule has 1 heterocycles. The summed E-state index contributed by atoms with van der Waals surface area (Å²) in [5.41, 5.74) is 1.51. The van der Waals surface area contributed by atoms with Gasteiger partial charge in [-0.2, -0.15) is 13.2 Å². The monoisotopic (exact) mass is 375 g/mol. The zero-order chi connectivity index (χ0) is 19.4. The Morgan fingerprint density at radius 3 is 2.22 bits per heavy atom. The first kappa shape index (κ1) is 18.6. The number of likely N-dealkylation sites (N-methyl/N-ethyl adjacent to an activating group) is 1. The first-order valence-electron chi connectivity index (χ1n) is 8.05. The Kier molecular flexibility index (Phi) is 5.20. The van der Waals surface area contributed by atoms with Crippen molar-refractivity contribution in [1.82, 2.24) is 25.1 Å². The number of nitrogens with zero attached hydrogens (tertiary/aromatic N) is 5. The van der Waals surface area contributed by atoms with Gasteiger partial charge < -0.3 is 4.90 Å². The molecule has 3 aromatic rings. The summed E-state index contributed by atoms with van der Waals surface area (Å²) in [6, 6.07) is 12.0. The fourth-order valence-electron chi connectivity index (χ4n) is 2.52. The quantitative estimate of drug-likeness (QED) is 0.688. The van der Waals surface area contributed by atoms with Gasteiger partial charge in [-0.1, -0.05) is 24.3 Å². The van der Waals surface area contributed by atoms with Crippen molar-refractivity contribution in [2.24, 2.45) is 0 Å². The number of carbonyl (C=O) groups is 1. The number of hydrogen-bond acceptors (Lipinski definition) is 4. The molecular weight excluding hydrogens is 359 g/mol. The van der Waals surface area contributed by atoms with Crippen LogP contribution in [0.4, 0.5) is 13.2 Å². The molecule has 0 fully saturated rings. The number of hydrogen-bond donors (Lipinski definition) is 0. The van der Waals surface area contributed by atoms with Gasteiger partial charge in [0.05, 0.1) is 17.7 Å². The highest BCUT2D eigenvalue weighted by Gasteiger charge is 2.29. The summed E-state index contributed by atoms with van der Waals surface area (Å²) in [4.78, 5) is 13.8. The maximum atomic E-state index is 12.6. The third-order valence-corrected chi connectivity index (χ3v) is 4.03. The fraction of sp³-hybridized carbons (Fsp3) is 0.222. The summed E-state index contributed by atoms with van der Waals surface area (Å²) in [6.45, 7) is 0.236. The van der Waals surface area contributed by atoms with Gasteiger partial charge in [-0.3, -0.25) is 4.79 Å². The largest absolute Gasteiger partial charge is 0.416 e. The lowest BCUT2D eigenvalue weighted by atomic mass is 10.1. The molecule has 0 spiro atoms. The third kappa shape index (κ3) is 4.69. The average Bonchev–Trinajstić information content (AvgIpc) is 3.16. The van der Waals surface area contributed by atoms with Crippen LogP contribution in [-0.4, -0.2) is 38.1 Å². The molecule has 6 nitrogen and oxygen atoms in total. The molecule has 0 saturated heterocycles. The van der Waals surface area contributed by atoms with Crippen LogP contribution >= 0.6 is 0 Å². The van der Waals surface area contributed by atoms with E-state index in [0.717, 1.165) is 23.4 Å². The average molecular weight is 375 g/mol. The summed E-state index contributed by atoms with van der Waals surface area (Å²) in [5.74, 6) is -0.134. The van der Waals surface area contributed by atoms with Crippen molar-refractivity contribution in [2.45, 2.75) is 19.1 Å². The van der Waals surface area contributed by atoms with E-state index >= 15 is 0 Å². The summed E-state index contributed by atoms with van der Waals surface area (Å²) in [5, 5.41) is 10.9. The highest BCUT2D eigenvalue weighted by molar-refractivity contribution is 5.78. The molecule has 0 aliphatic rings. The number of amides is 1. The number of halogens is 3. The molecule has 0 saturated carbocycles. The van der Waals surface area contributed by atoms with Crippen LogP contribution < -0.4 is 0 Å². The van der Waals surface area contributed by atoms with Crippen molar-refractivity contribution >= 4 is 5.91 Å². The number of benzene rings is 2. The second-order valence-electron chi connectivity index (χ2n) is 6.04. The Hall–Kier alpha value is -3.23. The van der Waals surface area contributed by atoms with E-state index in [1.807, 2.05) is 0 Å². The molecule has 1 aromatic heterocycles. The molecular formula is C18H16F3N5O. The zero-order valence-corrected chi connectivity index (χ0v) is 14.4. The smallest absolute Gasteiger partial charge is 0.341 e. The minimum Gasteiger partial charge on any atom is -0.341 e. The Balaban J connectivity index is 1.59. The molecule has 0 aliphatic heterocycles. The minimum atomic E-state index is -4.37. The predicted molar refractivity (Wildman–Crippen MR) is 90.8 cm³/mol. The van der Waals surface area contributed by atoms with Gasteiger partial charge in [0.25, 0.3) is 0 Å². The second kappa shape index (κ2) is 7.56. The zero-order valence-electron chi connectivity index (χ0n) is 14.4. The molecule has 3 rings (SSSR count). The second-order valence-corrected chi connectivity index (χ2v) is 6.04. The van der Waals surface area contributed by atoms with Crippen LogP contribution in [0.5, 0.6) is 0 Å². The molecule has 27 heavy (non-hydrogen) atoms. The topological polar surface area (TPSA) is 63.9 Å². The maximum Gasteiger partial charge on any atom is 0.416 e. The van der Waals surface area contributed by atoms with Gasteiger partial charge >= 0.3 is 6.18 Å². The predicted octanol–water partition coefficient (Wildman–Crippen LogP) is 2.88. The van der Waals surface area contributed by atoms with Crippen LogP contribution in [0.15, 0.2) is 54.9 Å². The van der Waals surface area contributed by atoms with Crippen LogP contribution in [-0.2, 0) is 23.9 Å². The Morgan fingerprint density at radius 2 is 1.67 bits per heavy atom. The molecule has 2 aromatic carbocycles. The van der Waals surface area contributed by atoms with Crippen molar-refractivity contribution in [1.29, 1.82) is 0 Å². The van der Waals surface area contributed by atoms with Crippen LogP contribution in [0.25, 0.3) is 5.69 Å². The van der Waals surface area contributed by atoms with Crippen molar-refractivity contribution in [3.63, 3.8) is 0 Å². The third-order valence-electron chi connectivity index (χ3n) is 4.03. The number of carbonyl (C=O) groups excluding carboxylic acids is 1. The normalized spacial score (nSPS) is 11.4. The first-order chi connectivity index (χ1) is 12.8. The van der Waals surface area contributed by atoms with Crippen LogP contribution in [0.1, 0.15) is 16.7 Å². The van der Waals surface area contributed by atoms with Gasteiger partial charge in [-0.25, -0.2) is 4.68 Å². The molecule has 1 amide bonds. The van der Waals surface area contributed by atoms with E-state index < -0.39 is 11.7 Å². The molecule has 0 N–H and O–H groups in total. The van der Waals surface area contributed by atoms with Crippen LogP contribution in [0, 0.1) is 0 Å². The Labute approximate surface area is 153 Å². The van der Waals surface area contributed by atoms with E-state index in [0.29, 0.717) is 5.56 Å². The highest BCUT2D eigenvalue weighted by Crippen LogP contribution is 2.29. The number of alkyl halides is 3. The molecule has 9 heteroatoms. The number of tetrazole rings is 1. The summed E-state index contributed by atoms with van der Waals surface area (Å²) >= 11 is 0. The Morgan fingerprint density at radius 1 is 1.04 bits per heavy atom. The molecule has 0 aliphatic carbocycles. The standard InChI is InChI=1S/C18H16F3N5O/c1-25(11-14-2-6-15(7-3-14)18(19,20)21)17(27)10-13-4-8-16(9-5-13)26-12-22-23-24-26/h2-9,12H,10-11H2,1H3. The van der Waals surface area contributed by atoms with Crippen molar-refractivity contribution in [3.05, 3.63) is 71.5 Å². The van der Waals surface area contributed by atoms with E-state index in [4.69, 9.17) is 0 Å². The van der Waals surface area contributed by atoms with E-state index in [9.17, 15) is 18.0 Å². The van der Waals surface area contributed by atoms with Gasteiger partial charge in [0, 0.05) is 13.6 Å². The number of rotatable bonds is 5. The van der Waals surface area contributed by atoms with Gasteiger partial charge in [0.15, 0.2) is 0 Å². The Bertz CT molecular complexity index is 890. The van der Waals surface area contributed by atoms with Crippen molar-refractivity contribution < 1.29 is 18.0 Å². The van der Waals surface area contributed by atoms with E-state index in [-0.39, 0.29) is 18.9 Å². The van der Waals surface area contributed by atoms with Crippen LogP contribution in [0.2, 0.25) is 0 Å².